The lowest BCUT2D eigenvalue weighted by Gasteiger charge is -2.14. The Hall–Kier alpha value is -1.60. The second-order valence-corrected chi connectivity index (χ2v) is 6.46. The van der Waals surface area contributed by atoms with Gasteiger partial charge in [-0.15, -0.1) is 0 Å². The van der Waals surface area contributed by atoms with Gasteiger partial charge in [-0.05, 0) is 12.1 Å². The van der Waals surface area contributed by atoms with Crippen LogP contribution in [-0.4, -0.2) is 21.0 Å². The lowest BCUT2D eigenvalue weighted by molar-refractivity contribution is 0.181. The van der Waals surface area contributed by atoms with Gasteiger partial charge in [0.25, 0.3) is 0 Å². The van der Waals surface area contributed by atoms with Crippen LogP contribution < -0.4 is 5.32 Å². The number of aliphatic hydroxyl groups is 1. The maximum Gasteiger partial charge on any atom is 0.202 e. The number of hydrogen-bond acceptors (Lipinski definition) is 5. The van der Waals surface area contributed by atoms with Crippen LogP contribution in [0.5, 0.6) is 0 Å². The van der Waals surface area contributed by atoms with Crippen LogP contribution in [0.2, 0.25) is 0 Å². The summed E-state index contributed by atoms with van der Waals surface area (Å²) in [5, 5.41) is 13.3. The van der Waals surface area contributed by atoms with Crippen molar-refractivity contribution in [3.05, 3.63) is 41.2 Å². The molecule has 0 fully saturated rings. The van der Waals surface area contributed by atoms with Crippen molar-refractivity contribution in [3.8, 4) is 0 Å². The Kier molecular flexibility index (Phi) is 4.53. The average Bonchev–Trinajstić information content (AvgIpc) is 2.84. The van der Waals surface area contributed by atoms with Gasteiger partial charge in [-0.3, -0.25) is 0 Å². The molecule has 0 amide bonds. The quantitative estimate of drug-likeness (QED) is 0.909. The van der Waals surface area contributed by atoms with E-state index in [4.69, 9.17) is 0 Å². The molecule has 7 heteroatoms. The molecule has 0 saturated heterocycles. The summed E-state index contributed by atoms with van der Waals surface area (Å²) >= 11 is 1.15. The van der Waals surface area contributed by atoms with Gasteiger partial charge in [0.1, 0.15) is 23.6 Å². The van der Waals surface area contributed by atoms with Crippen LogP contribution in [0.25, 0.3) is 0 Å². The van der Waals surface area contributed by atoms with E-state index in [-0.39, 0.29) is 17.5 Å². The van der Waals surface area contributed by atoms with Crippen molar-refractivity contribution in [1.82, 2.24) is 9.36 Å². The fraction of sp³-hybridized carbons (Fsp3) is 0.429. The van der Waals surface area contributed by atoms with Crippen LogP contribution >= 0.6 is 11.5 Å². The van der Waals surface area contributed by atoms with Gasteiger partial charge in [0.2, 0.25) is 5.13 Å². The van der Waals surface area contributed by atoms with Gasteiger partial charge >= 0.3 is 0 Å². The van der Waals surface area contributed by atoms with Crippen LogP contribution in [0.3, 0.4) is 0 Å². The first-order valence-electron chi connectivity index (χ1n) is 6.49. The molecule has 0 aliphatic carbocycles. The molecule has 0 spiro atoms. The van der Waals surface area contributed by atoms with Gasteiger partial charge in [-0.1, -0.05) is 26.8 Å². The van der Waals surface area contributed by atoms with Crippen LogP contribution in [-0.2, 0) is 5.41 Å². The number of rotatable bonds is 4. The number of nitrogens with zero attached hydrogens (tertiary/aromatic N) is 2. The number of aliphatic hydroxyl groups excluding tert-OH is 1. The molecule has 2 N–H and O–H groups in total. The zero-order chi connectivity index (χ0) is 15.6. The molecule has 2 aromatic rings. The Morgan fingerprint density at radius 1 is 1.29 bits per heavy atom. The van der Waals surface area contributed by atoms with Crippen molar-refractivity contribution in [1.29, 1.82) is 0 Å². The van der Waals surface area contributed by atoms with E-state index in [9.17, 15) is 13.9 Å². The van der Waals surface area contributed by atoms with Crippen LogP contribution in [0.4, 0.5) is 13.9 Å². The van der Waals surface area contributed by atoms with E-state index in [1.165, 1.54) is 6.07 Å². The Morgan fingerprint density at radius 3 is 2.43 bits per heavy atom. The highest BCUT2D eigenvalue weighted by molar-refractivity contribution is 7.09. The first-order chi connectivity index (χ1) is 9.79. The molecule has 1 heterocycles. The number of halogens is 2. The molecule has 1 atom stereocenters. The Labute approximate surface area is 126 Å². The van der Waals surface area contributed by atoms with Gasteiger partial charge < -0.3 is 10.4 Å². The van der Waals surface area contributed by atoms with Crippen LogP contribution in [0.1, 0.15) is 38.3 Å². The molecule has 114 valence electrons. The predicted octanol–water partition coefficient (Wildman–Crippen LogP) is 3.26. The highest BCUT2D eigenvalue weighted by atomic mass is 32.1. The van der Waals surface area contributed by atoms with Gasteiger partial charge in [0, 0.05) is 23.5 Å². The maximum absolute atomic E-state index is 13.5. The molecule has 2 rings (SSSR count). The van der Waals surface area contributed by atoms with E-state index in [0.29, 0.717) is 11.0 Å². The topological polar surface area (TPSA) is 58.0 Å². The molecule has 1 unspecified atom stereocenters. The van der Waals surface area contributed by atoms with Gasteiger partial charge in [-0.25, -0.2) is 13.8 Å². The summed E-state index contributed by atoms with van der Waals surface area (Å²) in [6, 6.07) is 3.49. The Balaban J connectivity index is 2.05. The summed E-state index contributed by atoms with van der Waals surface area (Å²) in [6.45, 7) is 5.92. The normalized spacial score (nSPS) is 13.2. The zero-order valence-electron chi connectivity index (χ0n) is 12.0. The van der Waals surface area contributed by atoms with Crippen molar-refractivity contribution in [3.63, 3.8) is 0 Å². The monoisotopic (exact) mass is 313 g/mol. The Bertz CT molecular complexity index is 605. The van der Waals surface area contributed by atoms with Crippen LogP contribution in [0, 0.1) is 11.6 Å². The van der Waals surface area contributed by atoms with Gasteiger partial charge in [0.15, 0.2) is 0 Å². The lowest BCUT2D eigenvalue weighted by Crippen LogP contribution is -2.16. The minimum Gasteiger partial charge on any atom is -0.386 e. The highest BCUT2D eigenvalue weighted by Gasteiger charge is 2.21. The summed E-state index contributed by atoms with van der Waals surface area (Å²) in [7, 11) is 0. The SMILES string of the molecule is CC(C)(C)c1nsc(NCC(O)c2c(F)cccc2F)n1. The van der Waals surface area contributed by atoms with Crippen molar-refractivity contribution >= 4 is 16.7 Å². The third-order valence-corrected chi connectivity index (χ3v) is 3.55. The molecule has 0 aliphatic heterocycles. The fourth-order valence-electron chi connectivity index (χ4n) is 1.72. The number of benzene rings is 1. The van der Waals surface area contributed by atoms with E-state index >= 15 is 0 Å². The molecule has 1 aromatic heterocycles. The van der Waals surface area contributed by atoms with E-state index < -0.39 is 17.7 Å². The molecule has 0 bridgehead atoms. The van der Waals surface area contributed by atoms with Crippen molar-refractivity contribution in [2.75, 3.05) is 11.9 Å². The standard InChI is InChI=1S/C14H17F2N3OS/c1-14(2,3)12-18-13(21-19-12)17-7-10(20)11-8(15)5-4-6-9(11)16/h4-6,10,20H,7H2,1-3H3,(H,17,18,19). The second-order valence-electron chi connectivity index (χ2n) is 5.71. The van der Waals surface area contributed by atoms with Crippen molar-refractivity contribution in [2.45, 2.75) is 32.3 Å². The summed E-state index contributed by atoms with van der Waals surface area (Å²) in [6.07, 6.45) is -1.30. The fourth-order valence-corrected chi connectivity index (χ4v) is 2.48. The van der Waals surface area contributed by atoms with Crippen molar-refractivity contribution < 1.29 is 13.9 Å². The molecule has 0 radical (unpaired) electrons. The minimum absolute atomic E-state index is 0.0450. The lowest BCUT2D eigenvalue weighted by atomic mass is 9.96. The first-order valence-corrected chi connectivity index (χ1v) is 7.26. The number of hydrogen-bond donors (Lipinski definition) is 2. The Morgan fingerprint density at radius 2 is 1.90 bits per heavy atom. The van der Waals surface area contributed by atoms with E-state index in [1.807, 2.05) is 20.8 Å². The molecule has 0 saturated carbocycles. The van der Waals surface area contributed by atoms with Gasteiger partial charge in [0.05, 0.1) is 5.56 Å². The molecule has 1 aromatic carbocycles. The molecular weight excluding hydrogens is 296 g/mol. The predicted molar refractivity (Wildman–Crippen MR) is 78.4 cm³/mol. The summed E-state index contributed by atoms with van der Waals surface area (Å²) in [4.78, 5) is 4.29. The molecular formula is C14H17F2N3OS. The molecule has 0 aliphatic rings. The smallest absolute Gasteiger partial charge is 0.202 e. The van der Waals surface area contributed by atoms with Crippen molar-refractivity contribution in [2.24, 2.45) is 0 Å². The summed E-state index contributed by atoms with van der Waals surface area (Å²) in [5.41, 5.74) is -0.516. The maximum atomic E-state index is 13.5. The highest BCUT2D eigenvalue weighted by Crippen LogP contribution is 2.24. The number of aromatic nitrogens is 2. The summed E-state index contributed by atoms with van der Waals surface area (Å²) < 4.78 is 31.3. The van der Waals surface area contributed by atoms with E-state index in [1.54, 1.807) is 0 Å². The minimum atomic E-state index is -1.30. The average molecular weight is 313 g/mol. The largest absolute Gasteiger partial charge is 0.386 e. The van der Waals surface area contributed by atoms with E-state index in [0.717, 1.165) is 23.7 Å². The molecule has 21 heavy (non-hydrogen) atoms. The van der Waals surface area contributed by atoms with E-state index in [2.05, 4.69) is 14.7 Å². The van der Waals surface area contributed by atoms with Gasteiger partial charge in [-0.2, -0.15) is 4.37 Å². The second kappa shape index (κ2) is 6.03. The third kappa shape index (κ3) is 3.74. The third-order valence-electron chi connectivity index (χ3n) is 2.88. The van der Waals surface area contributed by atoms with Crippen LogP contribution in [0.15, 0.2) is 18.2 Å². The zero-order valence-corrected chi connectivity index (χ0v) is 12.8. The molecule has 4 nitrogen and oxygen atoms in total. The number of nitrogens with one attached hydrogen (secondary N) is 1. The first kappa shape index (κ1) is 15.8. The number of anilines is 1. The summed E-state index contributed by atoms with van der Waals surface area (Å²) in [5.74, 6) is -0.851.